The second kappa shape index (κ2) is 6.34. The van der Waals surface area contributed by atoms with E-state index < -0.39 is 40.5 Å². The minimum absolute atomic E-state index is 0.0159. The minimum Gasteiger partial charge on any atom is -0.502 e. The lowest BCUT2D eigenvalue weighted by molar-refractivity contribution is 0.0735. The van der Waals surface area contributed by atoms with Crippen LogP contribution in [-0.4, -0.2) is 51.9 Å². The number of aliphatic hydroxyl groups excluding tert-OH is 1. The third-order valence-corrected chi connectivity index (χ3v) is 4.86. The number of nitrogens with one attached hydrogen (secondary N) is 1. The van der Waals surface area contributed by atoms with Crippen molar-refractivity contribution in [1.29, 1.82) is 0 Å². The zero-order valence-electron chi connectivity index (χ0n) is 14.8. The fourth-order valence-electron chi connectivity index (χ4n) is 3.53. The quantitative estimate of drug-likeness (QED) is 0.662. The second-order valence-electron chi connectivity index (χ2n) is 6.76. The molecule has 146 valence electrons. The van der Waals surface area contributed by atoms with E-state index in [0.29, 0.717) is 5.56 Å². The highest BCUT2D eigenvalue weighted by molar-refractivity contribution is 6.00. The van der Waals surface area contributed by atoms with Crippen molar-refractivity contribution < 1.29 is 24.2 Å². The van der Waals surface area contributed by atoms with E-state index in [1.54, 1.807) is 5.01 Å². The van der Waals surface area contributed by atoms with Crippen molar-refractivity contribution in [1.82, 2.24) is 14.9 Å². The molecule has 3 heterocycles. The number of hydrogen-bond donors (Lipinski definition) is 3. The highest BCUT2D eigenvalue weighted by Gasteiger charge is 2.42. The van der Waals surface area contributed by atoms with Crippen LogP contribution in [0.4, 0.5) is 4.39 Å². The van der Waals surface area contributed by atoms with Crippen LogP contribution in [-0.2, 0) is 6.54 Å². The van der Waals surface area contributed by atoms with Crippen LogP contribution in [0.3, 0.4) is 0 Å². The lowest BCUT2D eigenvalue weighted by atomic mass is 10.1. The smallest absolute Gasteiger partial charge is 0.277 e. The second-order valence-corrected chi connectivity index (χ2v) is 6.76. The Morgan fingerprint density at radius 1 is 1.29 bits per heavy atom. The van der Waals surface area contributed by atoms with Gasteiger partial charge in [0.1, 0.15) is 24.2 Å². The first-order valence-corrected chi connectivity index (χ1v) is 8.53. The van der Waals surface area contributed by atoms with Gasteiger partial charge in [-0.1, -0.05) is 12.1 Å². The van der Waals surface area contributed by atoms with Gasteiger partial charge in [0.05, 0.1) is 12.2 Å². The number of nitrogens with zero attached hydrogens (tertiary/aromatic N) is 3. The molecule has 0 aliphatic carbocycles. The number of aliphatic hydroxyl groups is 1. The summed E-state index contributed by atoms with van der Waals surface area (Å²) in [6.45, 7) is 0.211. The van der Waals surface area contributed by atoms with E-state index in [0.717, 1.165) is 0 Å². The van der Waals surface area contributed by atoms with Crippen LogP contribution < -0.4 is 15.8 Å². The monoisotopic (exact) mass is 388 g/mol. The SMILES string of the molecule is CN1CN2CC(O)c3c(C(=O)NCc4ccc(F)cc4)c(=O)c(O)c(n32)C1=O. The predicted molar refractivity (Wildman–Crippen MR) is 94.9 cm³/mol. The molecule has 3 N–H and O–H groups in total. The number of aromatic nitrogens is 1. The van der Waals surface area contributed by atoms with E-state index in [-0.39, 0.29) is 31.1 Å². The summed E-state index contributed by atoms with van der Waals surface area (Å²) >= 11 is 0. The summed E-state index contributed by atoms with van der Waals surface area (Å²) in [4.78, 5) is 39.1. The minimum atomic E-state index is -1.18. The molecule has 1 aromatic carbocycles. The Bertz CT molecular complexity index is 1050. The fraction of sp³-hybridized carbons (Fsp3) is 0.278. The van der Waals surface area contributed by atoms with Gasteiger partial charge in [-0.05, 0) is 17.7 Å². The molecule has 4 rings (SSSR count). The van der Waals surface area contributed by atoms with Gasteiger partial charge in [-0.25, -0.2) is 9.07 Å². The number of amides is 2. The summed E-state index contributed by atoms with van der Waals surface area (Å²) in [5.41, 5.74) is -1.15. The summed E-state index contributed by atoms with van der Waals surface area (Å²) in [5.74, 6) is -2.65. The third-order valence-electron chi connectivity index (χ3n) is 4.86. The Morgan fingerprint density at radius 3 is 2.64 bits per heavy atom. The molecule has 0 spiro atoms. The molecular weight excluding hydrogens is 371 g/mol. The number of pyridine rings is 1. The van der Waals surface area contributed by atoms with Gasteiger partial charge in [-0.15, -0.1) is 0 Å². The zero-order valence-corrected chi connectivity index (χ0v) is 14.8. The van der Waals surface area contributed by atoms with Crippen LogP contribution in [0.25, 0.3) is 0 Å². The molecule has 28 heavy (non-hydrogen) atoms. The highest BCUT2D eigenvalue weighted by atomic mass is 19.1. The van der Waals surface area contributed by atoms with Crippen LogP contribution in [0.2, 0.25) is 0 Å². The molecule has 0 saturated heterocycles. The lowest BCUT2D eigenvalue weighted by Crippen LogP contribution is -2.51. The number of rotatable bonds is 3. The van der Waals surface area contributed by atoms with Crippen molar-refractivity contribution in [2.45, 2.75) is 12.6 Å². The van der Waals surface area contributed by atoms with Gasteiger partial charge in [0.2, 0.25) is 5.43 Å². The molecule has 0 bridgehead atoms. The van der Waals surface area contributed by atoms with Crippen molar-refractivity contribution in [2.24, 2.45) is 0 Å². The maximum absolute atomic E-state index is 13.0. The first-order valence-electron chi connectivity index (χ1n) is 8.53. The maximum Gasteiger partial charge on any atom is 0.277 e. The number of carbonyl (C=O) groups excluding carboxylic acids is 2. The number of carbonyl (C=O) groups is 2. The molecule has 2 aromatic rings. The molecular formula is C18H17FN4O5. The average Bonchev–Trinajstić information content (AvgIpc) is 2.97. The Hall–Kier alpha value is -3.40. The van der Waals surface area contributed by atoms with Gasteiger partial charge in [0.25, 0.3) is 11.8 Å². The van der Waals surface area contributed by atoms with Crippen LogP contribution in [0.15, 0.2) is 29.1 Å². The summed E-state index contributed by atoms with van der Waals surface area (Å²) in [6.07, 6.45) is -1.18. The highest BCUT2D eigenvalue weighted by Crippen LogP contribution is 2.32. The van der Waals surface area contributed by atoms with Crippen molar-refractivity contribution in [3.8, 4) is 5.75 Å². The van der Waals surface area contributed by atoms with E-state index in [4.69, 9.17) is 0 Å². The van der Waals surface area contributed by atoms with Crippen LogP contribution >= 0.6 is 0 Å². The summed E-state index contributed by atoms with van der Waals surface area (Å²) in [5, 5.41) is 24.9. The summed E-state index contributed by atoms with van der Waals surface area (Å²) in [7, 11) is 1.50. The van der Waals surface area contributed by atoms with Gasteiger partial charge in [0, 0.05) is 13.6 Å². The number of hydrogen-bond acceptors (Lipinski definition) is 6. The molecule has 0 radical (unpaired) electrons. The van der Waals surface area contributed by atoms with Crippen molar-refractivity contribution in [3.05, 3.63) is 62.8 Å². The topological polar surface area (TPSA) is 115 Å². The Morgan fingerprint density at radius 2 is 1.96 bits per heavy atom. The van der Waals surface area contributed by atoms with Crippen LogP contribution in [0, 0.1) is 5.82 Å². The average molecular weight is 388 g/mol. The van der Waals surface area contributed by atoms with Crippen molar-refractivity contribution in [2.75, 3.05) is 25.3 Å². The first kappa shape index (κ1) is 18.0. The largest absolute Gasteiger partial charge is 0.502 e. The fourth-order valence-corrected chi connectivity index (χ4v) is 3.53. The molecule has 0 fully saturated rings. The molecule has 2 aliphatic heterocycles. The Kier molecular flexibility index (Phi) is 4.07. The maximum atomic E-state index is 13.0. The number of aromatic hydroxyl groups is 1. The number of benzene rings is 1. The third kappa shape index (κ3) is 2.61. The molecule has 10 heteroatoms. The Balaban J connectivity index is 1.75. The molecule has 1 unspecified atom stereocenters. The lowest BCUT2D eigenvalue weighted by Gasteiger charge is -2.35. The van der Waals surface area contributed by atoms with Crippen molar-refractivity contribution in [3.63, 3.8) is 0 Å². The molecule has 1 atom stereocenters. The van der Waals surface area contributed by atoms with E-state index in [1.807, 2.05) is 0 Å². The first-order chi connectivity index (χ1) is 13.3. The van der Waals surface area contributed by atoms with Gasteiger partial charge >= 0.3 is 0 Å². The van der Waals surface area contributed by atoms with E-state index in [9.17, 15) is 29.0 Å². The zero-order chi connectivity index (χ0) is 20.2. The van der Waals surface area contributed by atoms with E-state index >= 15 is 0 Å². The molecule has 9 nitrogen and oxygen atoms in total. The summed E-state index contributed by atoms with van der Waals surface area (Å²) < 4.78 is 14.2. The Labute approximate surface area is 158 Å². The molecule has 2 amide bonds. The van der Waals surface area contributed by atoms with E-state index in [1.165, 1.54) is 40.9 Å². The van der Waals surface area contributed by atoms with Gasteiger partial charge in [0.15, 0.2) is 11.4 Å². The van der Waals surface area contributed by atoms with Gasteiger partial charge in [-0.2, -0.15) is 0 Å². The molecule has 0 saturated carbocycles. The normalized spacial score (nSPS) is 17.7. The summed E-state index contributed by atoms with van der Waals surface area (Å²) in [6, 6.07) is 5.45. The van der Waals surface area contributed by atoms with E-state index in [2.05, 4.69) is 5.32 Å². The predicted octanol–water partition coefficient (Wildman–Crippen LogP) is -0.349. The van der Waals surface area contributed by atoms with Crippen molar-refractivity contribution >= 4 is 11.8 Å². The standard InChI is InChI=1S/C18H17FN4O5/c1-21-8-22-7-11(24)13-12(15(25)16(26)14(18(21)28)23(13)22)17(27)20-6-9-2-4-10(19)5-3-9/h2-5,11,24,26H,6-8H2,1H3,(H,20,27). The number of halogens is 1. The van der Waals surface area contributed by atoms with Gasteiger partial charge in [-0.3, -0.25) is 19.4 Å². The molecule has 1 aromatic heterocycles. The van der Waals surface area contributed by atoms with Crippen LogP contribution in [0.1, 0.15) is 38.2 Å². The van der Waals surface area contributed by atoms with Crippen LogP contribution in [0.5, 0.6) is 5.75 Å². The molecule has 2 aliphatic rings. The van der Waals surface area contributed by atoms with Gasteiger partial charge < -0.3 is 20.4 Å².